The van der Waals surface area contributed by atoms with Crippen LogP contribution in [0.1, 0.15) is 113 Å². The summed E-state index contributed by atoms with van der Waals surface area (Å²) in [7, 11) is 0. The lowest BCUT2D eigenvalue weighted by atomic mass is 9.46. The molecule has 41 heavy (non-hydrogen) atoms. The Morgan fingerprint density at radius 3 is 2.37 bits per heavy atom. The van der Waals surface area contributed by atoms with Gasteiger partial charge in [-0.3, -0.25) is 4.79 Å². The van der Waals surface area contributed by atoms with Gasteiger partial charge in [0.05, 0.1) is 6.10 Å². The van der Waals surface area contributed by atoms with Crippen molar-refractivity contribution < 1.29 is 19.8 Å². The van der Waals surface area contributed by atoms with E-state index >= 15 is 0 Å². The van der Waals surface area contributed by atoms with Gasteiger partial charge in [0.1, 0.15) is 6.04 Å². The number of fused-ring (bicyclic) bond motifs is 4. The number of hydrogen-bond donors (Lipinski definition) is 3. The van der Waals surface area contributed by atoms with E-state index in [2.05, 4.69) is 59.9 Å². The molecule has 0 saturated heterocycles. The molecule has 1 amide bonds. The highest BCUT2D eigenvalue weighted by Gasteiger charge is 2.57. The van der Waals surface area contributed by atoms with Crippen molar-refractivity contribution in [3.05, 3.63) is 22.8 Å². The molecule has 3 N–H and O–H groups in total. The number of carbonyl (C=O) groups excluding carboxylic acids is 1. The molecule has 0 spiro atoms. The minimum atomic E-state index is -0.942. The van der Waals surface area contributed by atoms with Gasteiger partial charge in [-0.2, -0.15) is 11.8 Å². The average Bonchev–Trinajstić information content (AvgIpc) is 3.26. The zero-order valence-corrected chi connectivity index (χ0v) is 27.8. The second kappa shape index (κ2) is 12.4. The number of aliphatic hydroxyl groups excluding tert-OH is 1. The van der Waals surface area contributed by atoms with Crippen LogP contribution in [0.25, 0.3) is 0 Å². The summed E-state index contributed by atoms with van der Waals surface area (Å²) >= 11 is 1.61. The predicted octanol–water partition coefficient (Wildman–Crippen LogP) is 7.64. The summed E-state index contributed by atoms with van der Waals surface area (Å²) in [6.45, 7) is 16.2. The van der Waals surface area contributed by atoms with Crippen molar-refractivity contribution in [3.8, 4) is 0 Å². The van der Waals surface area contributed by atoms with E-state index in [1.807, 2.05) is 6.26 Å². The molecule has 0 aliphatic heterocycles. The van der Waals surface area contributed by atoms with Crippen LogP contribution in [0.15, 0.2) is 22.8 Å². The fourth-order valence-electron chi connectivity index (χ4n) is 9.76. The molecular weight excluding hydrogens is 530 g/mol. The number of amides is 1. The average molecular weight is 588 g/mol. The normalized spacial score (nSPS) is 34.7. The van der Waals surface area contributed by atoms with Crippen LogP contribution in [-0.4, -0.2) is 46.2 Å². The molecule has 0 aromatic carbocycles. The van der Waals surface area contributed by atoms with Crippen LogP contribution in [0.3, 0.4) is 0 Å². The molecule has 0 aromatic rings. The van der Waals surface area contributed by atoms with E-state index in [1.54, 1.807) is 28.5 Å². The summed E-state index contributed by atoms with van der Waals surface area (Å²) in [5.74, 6) is 1.28. The maximum atomic E-state index is 13.2. The van der Waals surface area contributed by atoms with Gasteiger partial charge in [0.15, 0.2) is 0 Å². The van der Waals surface area contributed by atoms with Crippen molar-refractivity contribution in [1.82, 2.24) is 5.32 Å². The highest BCUT2D eigenvalue weighted by Crippen LogP contribution is 2.66. The first-order valence-electron chi connectivity index (χ1n) is 16.3. The monoisotopic (exact) mass is 587 g/mol. The Labute approximate surface area is 253 Å². The molecule has 1 saturated carbocycles. The Morgan fingerprint density at radius 2 is 1.73 bits per heavy atom. The number of aliphatic carboxylic acids is 1. The lowest BCUT2D eigenvalue weighted by Crippen LogP contribution is -2.53. The Bertz CT molecular complexity index is 1060. The van der Waals surface area contributed by atoms with Crippen molar-refractivity contribution in [1.29, 1.82) is 0 Å². The number of carboxylic acids is 1. The summed E-state index contributed by atoms with van der Waals surface area (Å²) < 4.78 is 0. The second-order valence-electron chi connectivity index (χ2n) is 15.3. The van der Waals surface area contributed by atoms with Gasteiger partial charge in [0.2, 0.25) is 5.91 Å². The third-order valence-electron chi connectivity index (χ3n) is 12.4. The molecule has 4 aliphatic rings. The quantitative estimate of drug-likeness (QED) is 0.231. The van der Waals surface area contributed by atoms with Crippen LogP contribution in [-0.2, 0) is 9.59 Å². The van der Waals surface area contributed by atoms with E-state index < -0.39 is 12.0 Å². The van der Waals surface area contributed by atoms with Gasteiger partial charge in [-0.1, -0.05) is 60.1 Å². The highest BCUT2D eigenvalue weighted by atomic mass is 32.2. The number of thioether (sulfide) groups is 1. The Kier molecular flexibility index (Phi) is 9.86. The second-order valence-corrected chi connectivity index (χ2v) is 16.3. The van der Waals surface area contributed by atoms with Crippen LogP contribution in [0.5, 0.6) is 0 Å². The molecule has 6 heteroatoms. The van der Waals surface area contributed by atoms with Crippen molar-refractivity contribution in [2.45, 2.75) is 125 Å². The maximum Gasteiger partial charge on any atom is 0.326 e. The van der Waals surface area contributed by atoms with Crippen LogP contribution in [0.2, 0.25) is 0 Å². The molecule has 1 fully saturated rings. The number of carbonyl (C=O) groups is 2. The number of nitrogens with one attached hydrogen (secondary N) is 1. The zero-order chi connectivity index (χ0) is 30.3. The van der Waals surface area contributed by atoms with Crippen LogP contribution < -0.4 is 5.32 Å². The van der Waals surface area contributed by atoms with E-state index in [4.69, 9.17) is 0 Å². The summed E-state index contributed by atoms with van der Waals surface area (Å²) in [6, 6.07) is -0.811. The Hall–Kier alpha value is -1.27. The molecule has 4 rings (SSSR count). The van der Waals surface area contributed by atoms with Gasteiger partial charge in [-0.25, -0.2) is 4.79 Å². The molecule has 8 atom stereocenters. The molecular formula is C35H57NO4S. The largest absolute Gasteiger partial charge is 0.480 e. The van der Waals surface area contributed by atoms with Crippen molar-refractivity contribution in [2.75, 3.05) is 12.0 Å². The van der Waals surface area contributed by atoms with E-state index in [0.29, 0.717) is 29.9 Å². The van der Waals surface area contributed by atoms with E-state index in [0.717, 1.165) is 38.5 Å². The summed E-state index contributed by atoms with van der Waals surface area (Å²) in [6.07, 6.45) is 14.4. The SMILES string of the molecule is CSCCC(NC(=O)C(CCC(C)[C@H]1CC=C2C3=C(CC[C@@]21C)[C@@]1(C)CC[C@H](O)C(C)(C)C1CC3)C(C)C)C(=O)O. The van der Waals surface area contributed by atoms with Gasteiger partial charge in [0, 0.05) is 5.92 Å². The van der Waals surface area contributed by atoms with Crippen LogP contribution >= 0.6 is 11.8 Å². The molecule has 5 nitrogen and oxygen atoms in total. The third kappa shape index (κ3) is 5.95. The number of carboxylic acid groups (broad SMARTS) is 1. The molecule has 0 bridgehead atoms. The maximum absolute atomic E-state index is 13.2. The molecule has 0 radical (unpaired) electrons. The fourth-order valence-corrected chi connectivity index (χ4v) is 10.2. The highest BCUT2D eigenvalue weighted by molar-refractivity contribution is 7.98. The zero-order valence-electron chi connectivity index (χ0n) is 27.0. The first kappa shape index (κ1) is 32.6. The third-order valence-corrected chi connectivity index (χ3v) is 13.1. The van der Waals surface area contributed by atoms with Gasteiger partial charge in [0.25, 0.3) is 0 Å². The molecule has 232 valence electrons. The van der Waals surface area contributed by atoms with Gasteiger partial charge in [-0.05, 0) is 127 Å². The first-order chi connectivity index (χ1) is 19.2. The van der Waals surface area contributed by atoms with Gasteiger partial charge in [-0.15, -0.1) is 0 Å². The first-order valence-corrected chi connectivity index (χ1v) is 17.7. The standard InChI is InChI=1S/C35H57NO4S/c1-21(2)23(31(38)36-28(32(39)40)17-20-41-8)10-9-22(3)25-12-13-26-24-11-14-29-33(4,5)30(37)16-19-35(29,7)27(24)15-18-34(25,26)6/h13,21-23,25,28-30,37H,9-12,14-20H2,1-8H3,(H,36,38)(H,39,40)/t22?,23?,25-,28?,29?,30+,34-,35-/m1/s1. The van der Waals surface area contributed by atoms with Gasteiger partial charge < -0.3 is 15.5 Å². The summed E-state index contributed by atoms with van der Waals surface area (Å²) in [4.78, 5) is 25.0. The van der Waals surface area contributed by atoms with Crippen molar-refractivity contribution in [2.24, 2.45) is 45.8 Å². The number of rotatable bonds is 11. The fraction of sp³-hybridized carbons (Fsp3) is 0.829. The summed E-state index contributed by atoms with van der Waals surface area (Å²) in [5.41, 5.74) is 5.33. The minimum absolute atomic E-state index is 0.0356. The van der Waals surface area contributed by atoms with E-state index in [9.17, 15) is 19.8 Å². The number of allylic oxidation sites excluding steroid dienone is 4. The van der Waals surface area contributed by atoms with E-state index in [-0.39, 0.29) is 40.1 Å². The topological polar surface area (TPSA) is 86.6 Å². The van der Waals surface area contributed by atoms with Gasteiger partial charge >= 0.3 is 5.97 Å². The predicted molar refractivity (Wildman–Crippen MR) is 170 cm³/mol. The smallest absolute Gasteiger partial charge is 0.326 e. The molecule has 0 heterocycles. The lowest BCUT2D eigenvalue weighted by molar-refractivity contribution is -0.142. The minimum Gasteiger partial charge on any atom is -0.480 e. The van der Waals surface area contributed by atoms with E-state index in [1.165, 1.54) is 19.3 Å². The molecule has 4 unspecified atom stereocenters. The summed E-state index contributed by atoms with van der Waals surface area (Å²) in [5, 5.41) is 23.3. The Morgan fingerprint density at radius 1 is 1.02 bits per heavy atom. The Balaban J connectivity index is 1.45. The lowest BCUT2D eigenvalue weighted by Gasteiger charge is -2.59. The van der Waals surface area contributed by atoms with Crippen LogP contribution in [0.4, 0.5) is 0 Å². The van der Waals surface area contributed by atoms with Crippen molar-refractivity contribution in [3.63, 3.8) is 0 Å². The van der Waals surface area contributed by atoms with Crippen molar-refractivity contribution >= 4 is 23.6 Å². The molecule has 0 aromatic heterocycles. The number of aliphatic hydroxyl groups is 1. The van der Waals surface area contributed by atoms with Crippen LogP contribution in [0, 0.1) is 45.8 Å². The number of hydrogen-bond acceptors (Lipinski definition) is 4. The molecule has 4 aliphatic carbocycles.